The summed E-state index contributed by atoms with van der Waals surface area (Å²) in [5.41, 5.74) is 0.187. The zero-order chi connectivity index (χ0) is 12.0. The summed E-state index contributed by atoms with van der Waals surface area (Å²) in [4.78, 5) is 11.1. The second-order valence-corrected chi connectivity index (χ2v) is 2.78. The average Bonchev–Trinajstić information content (AvgIpc) is 2.23. The minimum Gasteiger partial charge on any atom is -0.489 e. The number of nitrogens with one attached hydrogen (secondary N) is 1. The van der Waals surface area contributed by atoms with Crippen LogP contribution >= 0.6 is 0 Å². The van der Waals surface area contributed by atoms with Crippen molar-refractivity contribution in [3.05, 3.63) is 24.0 Å². The molecule has 0 atom stereocenters. The predicted octanol–water partition coefficient (Wildman–Crippen LogP) is 1.62. The van der Waals surface area contributed by atoms with Crippen LogP contribution in [-0.2, 0) is 4.79 Å². The van der Waals surface area contributed by atoms with Crippen molar-refractivity contribution < 1.29 is 19.1 Å². The van der Waals surface area contributed by atoms with Crippen LogP contribution in [0.2, 0.25) is 0 Å². The fraction of sp³-hybridized carbons (Fsp3) is 0.200. The number of hydrogen-bond acceptors (Lipinski definition) is 4. The third kappa shape index (κ3) is 2.94. The Labute approximate surface area is 91.5 Å². The summed E-state index contributed by atoms with van der Waals surface area (Å²) in [5, 5.41) is 13.0. The Hall–Kier alpha value is -2.11. The van der Waals surface area contributed by atoms with E-state index in [0.29, 0.717) is 6.21 Å². The van der Waals surface area contributed by atoms with Crippen LogP contribution < -0.4 is 10.1 Å². The van der Waals surface area contributed by atoms with Gasteiger partial charge in [0.1, 0.15) is 6.21 Å². The second-order valence-electron chi connectivity index (χ2n) is 2.78. The molecule has 0 heterocycles. The first-order valence-corrected chi connectivity index (χ1v) is 4.58. The van der Waals surface area contributed by atoms with Gasteiger partial charge in [-0.05, 0) is 19.1 Å². The highest BCUT2D eigenvalue weighted by molar-refractivity contribution is 6.31. The summed E-state index contributed by atoms with van der Waals surface area (Å²) in [7, 11) is 0. The minimum atomic E-state index is -0.672. The molecule has 1 rings (SSSR count). The minimum absolute atomic E-state index is 0.0373. The molecule has 86 valence electrons. The monoisotopic (exact) mass is 226 g/mol. The molecule has 0 aromatic heterocycles. The van der Waals surface area contributed by atoms with E-state index in [-0.39, 0.29) is 18.0 Å². The van der Waals surface area contributed by atoms with E-state index in [4.69, 9.17) is 9.94 Å². The number of hydrogen-bond donors (Lipinski definition) is 2. The molecule has 0 aliphatic rings. The molecular weight excluding hydrogens is 215 g/mol. The topological polar surface area (TPSA) is 70.9 Å². The van der Waals surface area contributed by atoms with Crippen molar-refractivity contribution in [2.24, 2.45) is 5.16 Å². The number of halogens is 1. The van der Waals surface area contributed by atoms with Gasteiger partial charge >= 0.3 is 0 Å². The van der Waals surface area contributed by atoms with Crippen LogP contribution in [0.5, 0.6) is 5.75 Å². The molecule has 0 radical (unpaired) electrons. The fourth-order valence-electron chi connectivity index (χ4n) is 1.12. The van der Waals surface area contributed by atoms with Crippen LogP contribution in [0.3, 0.4) is 0 Å². The van der Waals surface area contributed by atoms with Gasteiger partial charge in [-0.3, -0.25) is 4.79 Å². The van der Waals surface area contributed by atoms with Crippen LogP contribution in [-0.4, -0.2) is 23.9 Å². The summed E-state index contributed by atoms with van der Waals surface area (Å²) in [6, 6.07) is 4.14. The lowest BCUT2D eigenvalue weighted by Crippen LogP contribution is -2.14. The zero-order valence-electron chi connectivity index (χ0n) is 8.61. The Kier molecular flexibility index (Phi) is 4.26. The highest BCUT2D eigenvalue weighted by Gasteiger charge is 2.10. The number of carbonyl (C=O) groups is 1. The van der Waals surface area contributed by atoms with Gasteiger partial charge in [0, 0.05) is 0 Å². The molecule has 5 nitrogen and oxygen atoms in total. The average molecular weight is 226 g/mol. The molecule has 0 aliphatic carbocycles. The van der Waals surface area contributed by atoms with E-state index in [1.807, 2.05) is 0 Å². The van der Waals surface area contributed by atoms with Gasteiger partial charge < -0.3 is 15.3 Å². The van der Waals surface area contributed by atoms with Crippen LogP contribution in [0, 0.1) is 5.82 Å². The molecule has 1 aromatic carbocycles. The number of benzene rings is 1. The third-order valence-electron chi connectivity index (χ3n) is 1.69. The summed E-state index contributed by atoms with van der Waals surface area (Å²) < 4.78 is 18.4. The lowest BCUT2D eigenvalue weighted by atomic mass is 10.2. The van der Waals surface area contributed by atoms with Gasteiger partial charge in [-0.2, -0.15) is 0 Å². The highest BCUT2D eigenvalue weighted by Crippen LogP contribution is 2.27. The van der Waals surface area contributed by atoms with E-state index in [0.717, 1.165) is 0 Å². The van der Waals surface area contributed by atoms with E-state index in [9.17, 15) is 9.18 Å². The Balaban J connectivity index is 2.94. The maximum atomic E-state index is 13.3. The molecule has 2 N–H and O–H groups in total. The largest absolute Gasteiger partial charge is 0.489 e. The lowest BCUT2D eigenvalue weighted by Gasteiger charge is -2.10. The summed E-state index contributed by atoms with van der Waals surface area (Å²) in [6.07, 6.45) is 0.667. The van der Waals surface area contributed by atoms with Crippen molar-refractivity contribution in [2.75, 3.05) is 11.9 Å². The maximum absolute atomic E-state index is 13.3. The van der Waals surface area contributed by atoms with Gasteiger partial charge in [0.15, 0.2) is 11.6 Å². The molecule has 1 aromatic rings. The van der Waals surface area contributed by atoms with Crippen LogP contribution in [0.15, 0.2) is 23.4 Å². The SMILES string of the molecule is CCOc1c(F)cccc1NC(=O)C=NO. The Morgan fingerprint density at radius 3 is 3.06 bits per heavy atom. The molecule has 0 saturated carbocycles. The first-order chi connectivity index (χ1) is 7.69. The van der Waals surface area contributed by atoms with Crippen LogP contribution in [0.25, 0.3) is 0 Å². The predicted molar refractivity (Wildman–Crippen MR) is 56.5 cm³/mol. The van der Waals surface area contributed by atoms with Crippen LogP contribution in [0.4, 0.5) is 10.1 Å². The first kappa shape index (κ1) is 12.0. The van der Waals surface area contributed by atoms with Crippen molar-refractivity contribution in [1.82, 2.24) is 0 Å². The number of para-hydroxylation sites is 1. The van der Waals surface area contributed by atoms with Crippen molar-refractivity contribution in [3.8, 4) is 5.75 Å². The Morgan fingerprint density at radius 2 is 2.44 bits per heavy atom. The molecule has 0 spiro atoms. The van der Waals surface area contributed by atoms with Crippen LogP contribution in [0.1, 0.15) is 6.92 Å². The summed E-state index contributed by atoms with van der Waals surface area (Å²) in [5.74, 6) is -1.28. The molecule has 0 fully saturated rings. The number of anilines is 1. The molecule has 0 saturated heterocycles. The summed E-state index contributed by atoms with van der Waals surface area (Å²) >= 11 is 0. The van der Waals surface area contributed by atoms with Gasteiger partial charge in [0.2, 0.25) is 0 Å². The third-order valence-corrected chi connectivity index (χ3v) is 1.69. The number of nitrogens with zero attached hydrogens (tertiary/aromatic N) is 1. The van der Waals surface area contributed by atoms with E-state index in [1.54, 1.807) is 6.92 Å². The number of ether oxygens (including phenoxy) is 1. The van der Waals surface area contributed by atoms with Gasteiger partial charge in [0.05, 0.1) is 12.3 Å². The standard InChI is InChI=1S/C10H11FN2O3/c1-2-16-10-7(11)4-3-5-8(10)13-9(14)6-12-15/h3-6,15H,2H2,1H3,(H,13,14). The Bertz CT molecular complexity index is 407. The van der Waals surface area contributed by atoms with E-state index < -0.39 is 11.7 Å². The van der Waals surface area contributed by atoms with Gasteiger partial charge in [-0.25, -0.2) is 4.39 Å². The van der Waals surface area contributed by atoms with E-state index in [1.165, 1.54) is 18.2 Å². The smallest absolute Gasteiger partial charge is 0.270 e. The first-order valence-electron chi connectivity index (χ1n) is 4.58. The number of oxime groups is 1. The maximum Gasteiger partial charge on any atom is 0.270 e. The number of carbonyl (C=O) groups excluding carboxylic acids is 1. The fourth-order valence-corrected chi connectivity index (χ4v) is 1.12. The van der Waals surface area contributed by atoms with E-state index in [2.05, 4.69) is 10.5 Å². The molecule has 6 heteroatoms. The molecule has 16 heavy (non-hydrogen) atoms. The Morgan fingerprint density at radius 1 is 1.69 bits per heavy atom. The lowest BCUT2D eigenvalue weighted by molar-refractivity contribution is -0.110. The molecule has 1 amide bonds. The molecular formula is C10H11FN2O3. The quantitative estimate of drug-likeness (QED) is 0.465. The van der Waals surface area contributed by atoms with Crippen molar-refractivity contribution in [1.29, 1.82) is 0 Å². The van der Waals surface area contributed by atoms with E-state index >= 15 is 0 Å². The summed E-state index contributed by atoms with van der Waals surface area (Å²) in [6.45, 7) is 1.98. The normalized spacial score (nSPS) is 10.4. The number of amides is 1. The van der Waals surface area contributed by atoms with Crippen molar-refractivity contribution in [3.63, 3.8) is 0 Å². The van der Waals surface area contributed by atoms with Crippen molar-refractivity contribution >= 4 is 17.8 Å². The zero-order valence-corrected chi connectivity index (χ0v) is 8.61. The highest BCUT2D eigenvalue weighted by atomic mass is 19.1. The van der Waals surface area contributed by atoms with Gasteiger partial charge in [-0.1, -0.05) is 11.2 Å². The van der Waals surface area contributed by atoms with Crippen molar-refractivity contribution in [2.45, 2.75) is 6.92 Å². The molecule has 0 unspecified atom stereocenters. The van der Waals surface area contributed by atoms with Gasteiger partial charge in [0.25, 0.3) is 5.91 Å². The molecule has 0 bridgehead atoms. The second kappa shape index (κ2) is 5.69. The number of rotatable bonds is 4. The van der Waals surface area contributed by atoms with Gasteiger partial charge in [-0.15, -0.1) is 0 Å². The molecule has 0 aliphatic heterocycles.